The van der Waals surface area contributed by atoms with Crippen molar-refractivity contribution >= 4 is 27.0 Å². The van der Waals surface area contributed by atoms with Gasteiger partial charge in [0, 0.05) is 17.6 Å². The number of hydrogen-bond donors (Lipinski definition) is 3. The number of nitrogens with one attached hydrogen (secondary N) is 3. The van der Waals surface area contributed by atoms with Crippen LogP contribution in [0, 0.1) is 11.3 Å². The van der Waals surface area contributed by atoms with Crippen LogP contribution >= 0.6 is 0 Å². The molecule has 0 atom stereocenters. The summed E-state index contributed by atoms with van der Waals surface area (Å²) in [7, 11) is -2.27. The molecule has 11 heteroatoms. The highest BCUT2D eigenvalue weighted by Crippen LogP contribution is 2.21. The van der Waals surface area contributed by atoms with E-state index in [1.54, 1.807) is 36.4 Å². The van der Waals surface area contributed by atoms with Gasteiger partial charge in [0.1, 0.15) is 17.4 Å². The molecule has 3 rings (SSSR count). The summed E-state index contributed by atoms with van der Waals surface area (Å²) in [6, 6.07) is 14.6. The summed E-state index contributed by atoms with van der Waals surface area (Å²) in [4.78, 5) is 0.0554. The van der Waals surface area contributed by atoms with Gasteiger partial charge in [0.05, 0.1) is 12.0 Å². The lowest BCUT2D eigenvalue weighted by atomic mass is 10.3. The molecule has 0 fully saturated rings. The highest BCUT2D eigenvalue weighted by molar-refractivity contribution is 7.92. The number of aromatic amines is 1. The third-order valence-corrected chi connectivity index (χ3v) is 4.96. The largest absolute Gasteiger partial charge is 0.497 e. The highest BCUT2D eigenvalue weighted by Gasteiger charge is 2.15. The Hall–Kier alpha value is -3.91. The minimum Gasteiger partial charge on any atom is -0.497 e. The molecule has 142 valence electrons. The van der Waals surface area contributed by atoms with Crippen molar-refractivity contribution in [2.75, 3.05) is 17.1 Å². The fourth-order valence-corrected chi connectivity index (χ4v) is 3.31. The van der Waals surface area contributed by atoms with Crippen LogP contribution < -0.4 is 14.8 Å². The summed E-state index contributed by atoms with van der Waals surface area (Å²) in [6.45, 7) is 0. The van der Waals surface area contributed by atoms with Gasteiger partial charge in [-0.15, -0.1) is 10.2 Å². The second-order valence-corrected chi connectivity index (χ2v) is 7.09. The number of nitrogens with zero attached hydrogens (tertiary/aromatic N) is 4. The third-order valence-electron chi connectivity index (χ3n) is 3.58. The molecule has 3 aromatic rings. The van der Waals surface area contributed by atoms with Gasteiger partial charge >= 0.3 is 0 Å². The van der Waals surface area contributed by atoms with E-state index in [1.165, 1.54) is 25.4 Å². The van der Waals surface area contributed by atoms with Crippen molar-refractivity contribution in [1.29, 1.82) is 5.26 Å². The van der Waals surface area contributed by atoms with E-state index in [0.29, 0.717) is 17.1 Å². The molecule has 2 aromatic carbocycles. The smallest absolute Gasteiger partial charge is 0.261 e. The molecule has 0 unspecified atom stereocenters. The van der Waals surface area contributed by atoms with Gasteiger partial charge in [-0.05, 0) is 47.7 Å². The lowest BCUT2D eigenvalue weighted by Crippen LogP contribution is -2.13. The molecule has 0 saturated heterocycles. The molecule has 3 N–H and O–H groups in total. The molecular weight excluding hydrogens is 382 g/mol. The quantitative estimate of drug-likeness (QED) is 0.513. The zero-order valence-electron chi connectivity index (χ0n) is 14.6. The number of ether oxygens (including phenoxy) is 1. The molecule has 1 heterocycles. The normalized spacial score (nSPS) is 11.5. The summed E-state index contributed by atoms with van der Waals surface area (Å²) in [5.41, 5.74) is 1.01. The number of tetrazole rings is 1. The number of sulfonamides is 1. The van der Waals surface area contributed by atoms with Crippen molar-refractivity contribution in [2.45, 2.75) is 4.90 Å². The van der Waals surface area contributed by atoms with E-state index < -0.39 is 10.0 Å². The Kier molecular flexibility index (Phi) is 5.52. The van der Waals surface area contributed by atoms with Crippen LogP contribution in [0.3, 0.4) is 0 Å². The number of hydrogen-bond acceptors (Lipinski definition) is 8. The van der Waals surface area contributed by atoms with Crippen LogP contribution in [0.15, 0.2) is 59.6 Å². The van der Waals surface area contributed by atoms with E-state index in [0.717, 1.165) is 0 Å². The van der Waals surface area contributed by atoms with Gasteiger partial charge in [0.15, 0.2) is 0 Å². The van der Waals surface area contributed by atoms with Crippen LogP contribution in [0.2, 0.25) is 0 Å². The fourth-order valence-electron chi connectivity index (χ4n) is 2.20. The van der Waals surface area contributed by atoms with Crippen LogP contribution in [0.25, 0.3) is 5.57 Å². The number of rotatable bonds is 7. The van der Waals surface area contributed by atoms with Crippen LogP contribution in [0.5, 0.6) is 5.75 Å². The fraction of sp³-hybridized carbons (Fsp3) is 0.0588. The van der Waals surface area contributed by atoms with Crippen LogP contribution in [0.4, 0.5) is 11.4 Å². The number of aromatic nitrogens is 4. The number of anilines is 2. The Morgan fingerprint density at radius 3 is 2.64 bits per heavy atom. The van der Waals surface area contributed by atoms with Crippen molar-refractivity contribution in [3.63, 3.8) is 0 Å². The maximum Gasteiger partial charge on any atom is 0.261 e. The standard InChI is InChI=1S/C17H15N7O3S/c1-27-15-7-5-13(6-8-15)22-28(25,26)16-4-2-3-14(9-16)19-11-12(10-18)17-20-23-24-21-17/h2-9,11,19,22H,1H3,(H,20,21,23,24). The molecule has 0 aliphatic rings. The van der Waals surface area contributed by atoms with Gasteiger partial charge < -0.3 is 10.1 Å². The highest BCUT2D eigenvalue weighted by atomic mass is 32.2. The molecule has 0 amide bonds. The molecule has 0 spiro atoms. The van der Waals surface area contributed by atoms with Gasteiger partial charge in [-0.25, -0.2) is 8.42 Å². The SMILES string of the molecule is COc1ccc(NS(=O)(=O)c2cccc(NC=C(C#N)c3nn[nH]n3)c2)cc1. The van der Waals surface area contributed by atoms with Crippen LogP contribution in [-0.4, -0.2) is 36.2 Å². The van der Waals surface area contributed by atoms with E-state index in [9.17, 15) is 8.42 Å². The first-order chi connectivity index (χ1) is 13.5. The van der Waals surface area contributed by atoms with E-state index in [-0.39, 0.29) is 16.3 Å². The van der Waals surface area contributed by atoms with Gasteiger partial charge in [-0.1, -0.05) is 6.07 Å². The monoisotopic (exact) mass is 397 g/mol. The summed E-state index contributed by atoms with van der Waals surface area (Å²) >= 11 is 0. The molecule has 1 aromatic heterocycles. The van der Waals surface area contributed by atoms with Crippen LogP contribution in [0.1, 0.15) is 5.82 Å². The Bertz CT molecular complexity index is 1120. The first kappa shape index (κ1) is 18.9. The summed E-state index contributed by atoms with van der Waals surface area (Å²) in [5.74, 6) is 0.746. The van der Waals surface area contributed by atoms with Crippen molar-refractivity contribution in [2.24, 2.45) is 0 Å². The third kappa shape index (κ3) is 4.43. The zero-order chi connectivity index (χ0) is 20.0. The van der Waals surface area contributed by atoms with Gasteiger partial charge in [-0.2, -0.15) is 10.5 Å². The summed E-state index contributed by atoms with van der Waals surface area (Å²) < 4.78 is 32.8. The number of nitriles is 1. The predicted molar refractivity (Wildman–Crippen MR) is 102 cm³/mol. The Balaban J connectivity index is 1.78. The van der Waals surface area contributed by atoms with Gasteiger partial charge in [0.2, 0.25) is 5.82 Å². The van der Waals surface area contributed by atoms with E-state index in [4.69, 9.17) is 10.00 Å². The van der Waals surface area contributed by atoms with E-state index in [1.807, 2.05) is 6.07 Å². The first-order valence-corrected chi connectivity index (χ1v) is 9.38. The average Bonchev–Trinajstić information content (AvgIpc) is 3.24. The number of benzene rings is 2. The van der Waals surface area contributed by atoms with Crippen molar-refractivity contribution in [1.82, 2.24) is 20.6 Å². The minimum atomic E-state index is -3.80. The molecule has 0 aliphatic carbocycles. The summed E-state index contributed by atoms with van der Waals surface area (Å²) in [6.07, 6.45) is 1.37. The zero-order valence-corrected chi connectivity index (χ0v) is 15.4. The topological polar surface area (TPSA) is 146 Å². The lowest BCUT2D eigenvalue weighted by molar-refractivity contribution is 0.415. The molecular formula is C17H15N7O3S. The van der Waals surface area contributed by atoms with E-state index >= 15 is 0 Å². The first-order valence-electron chi connectivity index (χ1n) is 7.89. The van der Waals surface area contributed by atoms with Crippen molar-refractivity contribution < 1.29 is 13.2 Å². The molecule has 28 heavy (non-hydrogen) atoms. The lowest BCUT2D eigenvalue weighted by Gasteiger charge is -2.10. The maximum absolute atomic E-state index is 12.6. The number of H-pyrrole nitrogens is 1. The predicted octanol–water partition coefficient (Wildman–Crippen LogP) is 1.99. The molecule has 10 nitrogen and oxygen atoms in total. The molecule has 0 radical (unpaired) electrons. The molecule has 0 bridgehead atoms. The molecule has 0 saturated carbocycles. The number of allylic oxidation sites excluding steroid dienone is 1. The van der Waals surface area contributed by atoms with E-state index in [2.05, 4.69) is 30.7 Å². The minimum absolute atomic E-state index is 0.0554. The van der Waals surface area contributed by atoms with Crippen molar-refractivity contribution in [3.05, 3.63) is 60.6 Å². The number of methoxy groups -OCH3 is 1. The Morgan fingerprint density at radius 1 is 1.21 bits per heavy atom. The van der Waals surface area contributed by atoms with Gasteiger partial charge in [0.25, 0.3) is 10.0 Å². The second-order valence-electron chi connectivity index (χ2n) is 5.41. The molecule has 0 aliphatic heterocycles. The Morgan fingerprint density at radius 2 is 2.00 bits per heavy atom. The van der Waals surface area contributed by atoms with Gasteiger partial charge in [-0.3, -0.25) is 4.72 Å². The average molecular weight is 397 g/mol. The maximum atomic E-state index is 12.6. The summed E-state index contributed by atoms with van der Waals surface area (Å²) in [5, 5.41) is 25.1. The second kappa shape index (κ2) is 8.19. The van der Waals surface area contributed by atoms with Crippen molar-refractivity contribution in [3.8, 4) is 11.8 Å². The van der Waals surface area contributed by atoms with Crippen LogP contribution in [-0.2, 0) is 10.0 Å². The Labute approximate surface area is 160 Å².